The first kappa shape index (κ1) is 26.4. The number of fused-ring (bicyclic) bond motifs is 2. The van der Waals surface area contributed by atoms with Crippen molar-refractivity contribution in [2.75, 3.05) is 18.1 Å². The van der Waals surface area contributed by atoms with Crippen molar-refractivity contribution in [3.8, 4) is 17.5 Å². The molecule has 0 aliphatic carbocycles. The lowest BCUT2D eigenvalue weighted by Crippen LogP contribution is -2.54. The minimum absolute atomic E-state index is 0.0215. The highest BCUT2D eigenvalue weighted by atomic mass is 79.9. The zero-order chi connectivity index (χ0) is 27.5. The van der Waals surface area contributed by atoms with Crippen LogP contribution in [-0.2, 0) is 16.1 Å². The number of nitriles is 1. The van der Waals surface area contributed by atoms with Gasteiger partial charge in [-0.2, -0.15) is 10.4 Å². The summed E-state index contributed by atoms with van der Waals surface area (Å²) in [5.41, 5.74) is 3.42. The van der Waals surface area contributed by atoms with Crippen molar-refractivity contribution < 1.29 is 14.3 Å². The van der Waals surface area contributed by atoms with E-state index < -0.39 is 12.1 Å². The number of benzene rings is 3. The Labute approximate surface area is 234 Å². The molecule has 2 N–H and O–H groups in total. The molecule has 0 unspecified atom stereocenters. The molecule has 39 heavy (non-hydrogen) atoms. The molecule has 0 saturated heterocycles. The highest BCUT2D eigenvalue weighted by molar-refractivity contribution is 9.10. The van der Waals surface area contributed by atoms with Gasteiger partial charge >= 0.3 is 0 Å². The van der Waals surface area contributed by atoms with E-state index >= 15 is 0 Å². The van der Waals surface area contributed by atoms with Gasteiger partial charge in [-0.3, -0.25) is 9.59 Å². The molecule has 198 valence electrons. The second kappa shape index (κ2) is 11.3. The molecule has 5 rings (SSSR count). The molecule has 9 nitrogen and oxygen atoms in total. The van der Waals surface area contributed by atoms with Crippen LogP contribution >= 0.6 is 15.9 Å². The van der Waals surface area contributed by atoms with Gasteiger partial charge in [0, 0.05) is 9.86 Å². The molecule has 2 atom stereocenters. The first-order valence-corrected chi connectivity index (χ1v) is 13.4. The van der Waals surface area contributed by atoms with E-state index in [1.807, 2.05) is 61.5 Å². The first-order valence-electron chi connectivity index (χ1n) is 12.6. The molecule has 3 aromatic carbocycles. The van der Waals surface area contributed by atoms with Crippen LogP contribution < -0.4 is 20.3 Å². The van der Waals surface area contributed by atoms with Crippen molar-refractivity contribution in [3.05, 3.63) is 82.5 Å². The van der Waals surface area contributed by atoms with Gasteiger partial charge in [0.15, 0.2) is 0 Å². The Hall–Kier alpha value is -4.20. The number of para-hydroxylation sites is 3. The molecule has 4 aromatic rings. The summed E-state index contributed by atoms with van der Waals surface area (Å²) in [4.78, 5) is 28.3. The second-order valence-corrected chi connectivity index (χ2v) is 10.1. The number of amides is 2. The summed E-state index contributed by atoms with van der Waals surface area (Å²) in [6, 6.07) is 19.4. The topological polar surface area (TPSA) is 112 Å². The predicted octanol–water partition coefficient (Wildman–Crippen LogP) is 4.07. The molecule has 1 aromatic heterocycles. The van der Waals surface area contributed by atoms with Crippen LogP contribution in [0.15, 0.2) is 71.3 Å². The van der Waals surface area contributed by atoms with Gasteiger partial charge < -0.3 is 20.3 Å². The van der Waals surface area contributed by atoms with E-state index in [2.05, 4.69) is 37.7 Å². The quantitative estimate of drug-likeness (QED) is 0.337. The van der Waals surface area contributed by atoms with Gasteiger partial charge in [-0.25, -0.2) is 4.68 Å². The highest BCUT2D eigenvalue weighted by Gasteiger charge is 2.33. The van der Waals surface area contributed by atoms with E-state index in [0.29, 0.717) is 29.2 Å². The minimum Gasteiger partial charge on any atom is -0.489 e. The zero-order valence-electron chi connectivity index (χ0n) is 21.5. The lowest BCUT2D eigenvalue weighted by Gasteiger charge is -2.26. The van der Waals surface area contributed by atoms with Crippen LogP contribution in [0, 0.1) is 11.3 Å². The number of halogens is 1. The van der Waals surface area contributed by atoms with Crippen LogP contribution in [0.5, 0.6) is 5.75 Å². The number of likely N-dealkylation sites (N-methyl/N-ethyl adjacent to an activating group) is 1. The fraction of sp³-hybridized carbons (Fsp3) is 0.241. The molecule has 0 bridgehead atoms. The third kappa shape index (κ3) is 5.24. The van der Waals surface area contributed by atoms with Crippen LogP contribution in [-0.4, -0.2) is 46.8 Å². The standard InChI is InChI=1S/C29H27BrN6O3/c1-3-32-18(2)28(37)34-23-17-39-27-11-7-6-10-25(27)35(29(23)38)16-20-12-21(30)13-26-22(20)15-33-36(26)24-9-5-4-8-19(24)14-31/h4-13,15,18,23,32H,3,16-17H2,1-2H3,(H,34,37)/t18-,23-/m0/s1. The number of carbonyl (C=O) groups is 2. The monoisotopic (exact) mass is 586 g/mol. The van der Waals surface area contributed by atoms with Gasteiger partial charge in [0.2, 0.25) is 5.91 Å². The summed E-state index contributed by atoms with van der Waals surface area (Å²) in [6.45, 7) is 4.55. The molecular formula is C29H27BrN6O3. The largest absolute Gasteiger partial charge is 0.489 e. The van der Waals surface area contributed by atoms with E-state index in [0.717, 1.165) is 20.9 Å². The maximum absolute atomic E-state index is 13.9. The lowest BCUT2D eigenvalue weighted by atomic mass is 10.1. The van der Waals surface area contributed by atoms with Crippen molar-refractivity contribution in [1.82, 2.24) is 20.4 Å². The maximum atomic E-state index is 13.9. The second-order valence-electron chi connectivity index (χ2n) is 9.23. The van der Waals surface area contributed by atoms with E-state index in [-0.39, 0.29) is 25.0 Å². The lowest BCUT2D eigenvalue weighted by molar-refractivity contribution is -0.129. The Morgan fingerprint density at radius 1 is 1.21 bits per heavy atom. The molecule has 1 aliphatic heterocycles. The average Bonchev–Trinajstić information content (AvgIpc) is 3.32. The fourth-order valence-electron chi connectivity index (χ4n) is 4.72. The molecule has 10 heteroatoms. The predicted molar refractivity (Wildman–Crippen MR) is 152 cm³/mol. The number of nitrogens with one attached hydrogen (secondary N) is 2. The van der Waals surface area contributed by atoms with E-state index in [1.54, 1.807) is 28.8 Å². The SMILES string of the molecule is CCN[C@@H](C)C(=O)N[C@H]1COc2ccccc2N(Cc2cc(Br)cc3c2cnn3-c2ccccc2C#N)C1=O. The van der Waals surface area contributed by atoms with Gasteiger partial charge in [-0.15, -0.1) is 0 Å². The summed E-state index contributed by atoms with van der Waals surface area (Å²) in [7, 11) is 0. The number of hydrogen-bond donors (Lipinski definition) is 2. The maximum Gasteiger partial charge on any atom is 0.253 e. The van der Waals surface area contributed by atoms with E-state index in [4.69, 9.17) is 4.74 Å². The van der Waals surface area contributed by atoms with Crippen LogP contribution in [0.25, 0.3) is 16.6 Å². The van der Waals surface area contributed by atoms with Gasteiger partial charge in [-0.05, 0) is 55.4 Å². The molecule has 0 spiro atoms. The molecule has 0 radical (unpaired) electrons. The van der Waals surface area contributed by atoms with Gasteiger partial charge in [0.25, 0.3) is 5.91 Å². The van der Waals surface area contributed by atoms with Gasteiger partial charge in [0.05, 0.1) is 41.2 Å². The van der Waals surface area contributed by atoms with Crippen molar-refractivity contribution >= 4 is 44.3 Å². The fourth-order valence-corrected chi connectivity index (χ4v) is 5.22. The van der Waals surface area contributed by atoms with Crippen LogP contribution in [0.2, 0.25) is 0 Å². The number of ether oxygens (including phenoxy) is 1. The van der Waals surface area contributed by atoms with E-state index in [1.165, 1.54) is 0 Å². The van der Waals surface area contributed by atoms with Crippen molar-refractivity contribution in [1.29, 1.82) is 5.26 Å². The molecule has 2 amide bonds. The van der Waals surface area contributed by atoms with Crippen molar-refractivity contribution in [2.45, 2.75) is 32.5 Å². The number of nitrogens with zero attached hydrogens (tertiary/aromatic N) is 4. The first-order chi connectivity index (χ1) is 18.9. The Morgan fingerprint density at radius 2 is 1.95 bits per heavy atom. The van der Waals surface area contributed by atoms with Gasteiger partial charge in [0.1, 0.15) is 24.5 Å². The van der Waals surface area contributed by atoms with E-state index in [9.17, 15) is 14.9 Å². The summed E-state index contributed by atoms with van der Waals surface area (Å²) >= 11 is 3.61. The Bertz CT molecular complexity index is 1590. The normalized spacial score (nSPS) is 15.7. The number of anilines is 1. The van der Waals surface area contributed by atoms with Crippen LogP contribution in [0.4, 0.5) is 5.69 Å². The Balaban J connectivity index is 1.54. The molecule has 0 saturated carbocycles. The molecule has 0 fully saturated rings. The number of rotatable bonds is 7. The zero-order valence-corrected chi connectivity index (χ0v) is 23.1. The Kier molecular flexibility index (Phi) is 7.63. The number of hydrogen-bond acceptors (Lipinski definition) is 6. The third-order valence-corrected chi connectivity index (χ3v) is 7.12. The van der Waals surface area contributed by atoms with Crippen LogP contribution in [0.3, 0.4) is 0 Å². The summed E-state index contributed by atoms with van der Waals surface area (Å²) < 4.78 is 8.52. The van der Waals surface area contributed by atoms with Crippen LogP contribution in [0.1, 0.15) is 25.0 Å². The van der Waals surface area contributed by atoms with Crippen molar-refractivity contribution in [2.24, 2.45) is 0 Å². The molecular weight excluding hydrogens is 560 g/mol. The Morgan fingerprint density at radius 3 is 2.72 bits per heavy atom. The highest BCUT2D eigenvalue weighted by Crippen LogP contribution is 2.35. The third-order valence-electron chi connectivity index (χ3n) is 6.67. The summed E-state index contributed by atoms with van der Waals surface area (Å²) in [6.07, 6.45) is 1.74. The number of aromatic nitrogens is 2. The smallest absolute Gasteiger partial charge is 0.253 e. The van der Waals surface area contributed by atoms with Gasteiger partial charge in [-0.1, -0.05) is 47.1 Å². The average molecular weight is 587 g/mol. The van der Waals surface area contributed by atoms with Crippen molar-refractivity contribution in [3.63, 3.8) is 0 Å². The molecule has 2 heterocycles. The summed E-state index contributed by atoms with van der Waals surface area (Å²) in [5.74, 6) is 0.0199. The summed E-state index contributed by atoms with van der Waals surface area (Å²) in [5, 5.41) is 21.0. The molecule has 1 aliphatic rings. The number of carbonyl (C=O) groups excluding carboxylic acids is 2. The minimum atomic E-state index is -0.862.